The summed E-state index contributed by atoms with van der Waals surface area (Å²) < 4.78 is 5.88. The second kappa shape index (κ2) is 8.64. The molecule has 27 heavy (non-hydrogen) atoms. The smallest absolute Gasteiger partial charge is 0.234 e. The van der Waals surface area contributed by atoms with Crippen molar-refractivity contribution in [3.63, 3.8) is 0 Å². The van der Waals surface area contributed by atoms with Crippen molar-refractivity contribution >= 4 is 50.9 Å². The van der Waals surface area contributed by atoms with Crippen LogP contribution in [0.3, 0.4) is 0 Å². The number of nitrogens with one attached hydrogen (secondary N) is 2. The predicted molar refractivity (Wildman–Crippen MR) is 109 cm³/mol. The van der Waals surface area contributed by atoms with Crippen LogP contribution in [0.15, 0.2) is 46.0 Å². The number of phenolic OH excluding ortho intramolecular Hbond substituents is 1. The van der Waals surface area contributed by atoms with Crippen LogP contribution in [0, 0.1) is 0 Å². The van der Waals surface area contributed by atoms with Crippen molar-refractivity contribution in [3.05, 3.63) is 45.9 Å². The van der Waals surface area contributed by atoms with Crippen molar-refractivity contribution in [2.45, 2.75) is 5.16 Å². The Morgan fingerprint density at radius 3 is 2.93 bits per heavy atom. The first kappa shape index (κ1) is 19.5. The quantitative estimate of drug-likeness (QED) is 0.465. The minimum atomic E-state index is -0.224. The van der Waals surface area contributed by atoms with Crippen LogP contribution in [0.2, 0.25) is 5.02 Å². The molecule has 0 aliphatic rings. The van der Waals surface area contributed by atoms with Gasteiger partial charge in [0, 0.05) is 10.2 Å². The van der Waals surface area contributed by atoms with Crippen LogP contribution in [-0.2, 0) is 4.79 Å². The van der Waals surface area contributed by atoms with Crippen LogP contribution < -0.4 is 10.1 Å². The Hall–Kier alpha value is -2.23. The van der Waals surface area contributed by atoms with Crippen LogP contribution in [0.25, 0.3) is 11.4 Å². The topological polar surface area (TPSA) is 100 Å². The molecule has 0 bridgehead atoms. The largest absolute Gasteiger partial charge is 0.507 e. The third-order valence-corrected chi connectivity index (χ3v) is 5.08. The Bertz CT molecular complexity index is 983. The summed E-state index contributed by atoms with van der Waals surface area (Å²) in [6.45, 7) is 0. The highest BCUT2D eigenvalue weighted by Crippen LogP contribution is 2.30. The Labute approximate surface area is 172 Å². The molecule has 2 aromatic carbocycles. The molecule has 10 heteroatoms. The summed E-state index contributed by atoms with van der Waals surface area (Å²) in [5.41, 5.74) is 1.09. The van der Waals surface area contributed by atoms with Crippen LogP contribution in [0.4, 0.5) is 5.69 Å². The third-order valence-electron chi connectivity index (χ3n) is 3.45. The summed E-state index contributed by atoms with van der Waals surface area (Å²) >= 11 is 10.6. The number of carbonyl (C=O) groups excluding carboxylic acids is 1. The van der Waals surface area contributed by atoms with Gasteiger partial charge >= 0.3 is 0 Å². The number of carbonyl (C=O) groups is 1. The second-order valence-corrected chi connectivity index (χ2v) is 7.58. The van der Waals surface area contributed by atoms with Gasteiger partial charge in [-0.25, -0.2) is 4.98 Å². The van der Waals surface area contributed by atoms with Gasteiger partial charge in [0.25, 0.3) is 0 Å². The van der Waals surface area contributed by atoms with Crippen molar-refractivity contribution in [3.8, 4) is 22.9 Å². The number of rotatable bonds is 6. The normalized spacial score (nSPS) is 10.6. The Morgan fingerprint density at radius 2 is 2.19 bits per heavy atom. The average Bonchev–Trinajstić information content (AvgIpc) is 3.11. The number of aromatic hydroxyl groups is 1. The van der Waals surface area contributed by atoms with Gasteiger partial charge in [0.1, 0.15) is 11.5 Å². The van der Waals surface area contributed by atoms with Gasteiger partial charge in [-0.3, -0.25) is 9.89 Å². The van der Waals surface area contributed by atoms with Gasteiger partial charge in [-0.1, -0.05) is 39.3 Å². The lowest BCUT2D eigenvalue weighted by Crippen LogP contribution is -2.14. The van der Waals surface area contributed by atoms with Gasteiger partial charge in [0.05, 0.1) is 23.4 Å². The van der Waals surface area contributed by atoms with E-state index in [0.29, 0.717) is 33.0 Å². The lowest BCUT2D eigenvalue weighted by Gasteiger charge is -2.07. The molecule has 3 rings (SSSR count). The van der Waals surface area contributed by atoms with E-state index < -0.39 is 0 Å². The van der Waals surface area contributed by atoms with Gasteiger partial charge in [-0.15, -0.1) is 5.10 Å². The van der Waals surface area contributed by atoms with Gasteiger partial charge in [-0.2, -0.15) is 0 Å². The summed E-state index contributed by atoms with van der Waals surface area (Å²) in [6.07, 6.45) is 0. The molecule has 0 atom stereocenters. The molecule has 1 amide bonds. The van der Waals surface area contributed by atoms with Crippen LogP contribution in [0.1, 0.15) is 0 Å². The third kappa shape index (κ3) is 4.94. The monoisotopic (exact) mass is 468 g/mol. The molecule has 0 aliphatic heterocycles. The van der Waals surface area contributed by atoms with Crippen LogP contribution in [0.5, 0.6) is 11.5 Å². The number of aromatic amines is 1. The molecule has 140 valence electrons. The molecule has 0 fully saturated rings. The second-order valence-electron chi connectivity index (χ2n) is 5.31. The van der Waals surface area contributed by atoms with E-state index in [4.69, 9.17) is 16.3 Å². The number of hydrogen-bond acceptors (Lipinski definition) is 6. The maximum Gasteiger partial charge on any atom is 0.234 e. The highest BCUT2D eigenvalue weighted by Gasteiger charge is 2.13. The number of thioether (sulfide) groups is 1. The summed E-state index contributed by atoms with van der Waals surface area (Å²) in [5.74, 6) is 0.926. The maximum atomic E-state index is 12.1. The Kier molecular flexibility index (Phi) is 6.25. The molecule has 0 aliphatic carbocycles. The minimum Gasteiger partial charge on any atom is -0.507 e. The molecule has 1 aromatic heterocycles. The fourth-order valence-electron chi connectivity index (χ4n) is 2.20. The Balaban J connectivity index is 1.60. The van der Waals surface area contributed by atoms with E-state index in [1.807, 2.05) is 0 Å². The van der Waals surface area contributed by atoms with Gasteiger partial charge in [0.15, 0.2) is 5.82 Å². The number of halogens is 2. The van der Waals surface area contributed by atoms with Crippen LogP contribution in [-0.4, -0.2) is 39.1 Å². The molecule has 0 spiro atoms. The first-order valence-electron chi connectivity index (χ1n) is 7.63. The van der Waals surface area contributed by atoms with E-state index in [9.17, 15) is 9.90 Å². The lowest BCUT2D eigenvalue weighted by atomic mass is 10.2. The zero-order valence-corrected chi connectivity index (χ0v) is 17.2. The zero-order chi connectivity index (χ0) is 19.4. The van der Waals surface area contributed by atoms with E-state index >= 15 is 0 Å². The summed E-state index contributed by atoms with van der Waals surface area (Å²) in [4.78, 5) is 16.4. The molecule has 3 aromatic rings. The van der Waals surface area contributed by atoms with Gasteiger partial charge < -0.3 is 15.2 Å². The summed E-state index contributed by atoms with van der Waals surface area (Å²) in [7, 11) is 1.52. The van der Waals surface area contributed by atoms with Crippen molar-refractivity contribution < 1.29 is 14.6 Å². The fourth-order valence-corrected chi connectivity index (χ4v) is 3.42. The van der Waals surface area contributed by atoms with Crippen molar-refractivity contribution in [1.82, 2.24) is 15.2 Å². The number of methoxy groups -OCH3 is 1. The first-order chi connectivity index (χ1) is 13.0. The predicted octanol–water partition coefficient (Wildman–Crippen LogP) is 4.33. The number of H-pyrrole nitrogens is 1. The fraction of sp³-hybridized carbons (Fsp3) is 0.118. The zero-order valence-electron chi connectivity index (χ0n) is 14.0. The number of amides is 1. The van der Waals surface area contributed by atoms with E-state index in [-0.39, 0.29) is 17.4 Å². The van der Waals surface area contributed by atoms with E-state index in [1.165, 1.54) is 18.9 Å². The van der Waals surface area contributed by atoms with Gasteiger partial charge in [0.2, 0.25) is 11.1 Å². The number of benzene rings is 2. The number of anilines is 1. The number of ether oxygens (including phenoxy) is 1. The van der Waals surface area contributed by atoms with Crippen molar-refractivity contribution in [2.24, 2.45) is 0 Å². The summed E-state index contributed by atoms with van der Waals surface area (Å²) in [5, 5.41) is 20.3. The van der Waals surface area contributed by atoms with Gasteiger partial charge in [-0.05, 0) is 36.4 Å². The molecule has 7 nitrogen and oxygen atoms in total. The standard InChI is InChI=1S/C17H14BrClN4O3S/c1-26-14-5-3-10(7-12(14)19)20-15(25)8-27-17-21-16(22-23-17)11-6-9(18)2-4-13(11)24/h2-7,24H,8H2,1H3,(H,20,25)(H,21,22,23). The van der Waals surface area contributed by atoms with E-state index in [1.54, 1.807) is 36.4 Å². The Morgan fingerprint density at radius 1 is 1.37 bits per heavy atom. The minimum absolute atomic E-state index is 0.0834. The molecule has 0 radical (unpaired) electrons. The number of phenols is 1. The number of hydrogen-bond donors (Lipinski definition) is 3. The number of aromatic nitrogens is 3. The lowest BCUT2D eigenvalue weighted by molar-refractivity contribution is -0.113. The molecule has 0 saturated heterocycles. The SMILES string of the molecule is COc1ccc(NC(=O)CSc2n[nH]c(-c3cc(Br)ccc3O)n2)cc1Cl. The van der Waals surface area contributed by atoms with E-state index in [0.717, 1.165) is 4.47 Å². The molecular formula is C17H14BrClN4O3S. The molecule has 1 heterocycles. The highest BCUT2D eigenvalue weighted by atomic mass is 79.9. The summed E-state index contributed by atoms with van der Waals surface area (Å²) in [6, 6.07) is 10.0. The van der Waals surface area contributed by atoms with Crippen molar-refractivity contribution in [2.75, 3.05) is 18.2 Å². The first-order valence-corrected chi connectivity index (χ1v) is 9.79. The molecule has 3 N–H and O–H groups in total. The average molecular weight is 470 g/mol. The molecular weight excluding hydrogens is 456 g/mol. The highest BCUT2D eigenvalue weighted by molar-refractivity contribution is 9.10. The van der Waals surface area contributed by atoms with E-state index in [2.05, 4.69) is 36.4 Å². The molecule has 0 saturated carbocycles. The maximum absolute atomic E-state index is 12.1. The van der Waals surface area contributed by atoms with Crippen LogP contribution >= 0.6 is 39.3 Å². The number of nitrogens with zero attached hydrogens (tertiary/aromatic N) is 2. The van der Waals surface area contributed by atoms with Crippen molar-refractivity contribution in [1.29, 1.82) is 0 Å². The molecule has 0 unspecified atom stereocenters.